The largest absolute Gasteiger partial charge is 0.356 e. The van der Waals surface area contributed by atoms with E-state index in [1.54, 1.807) is 43.1 Å². The number of hydrogen-bond acceptors (Lipinski definition) is 7. The summed E-state index contributed by atoms with van der Waals surface area (Å²) in [5.74, 6) is 1.33. The summed E-state index contributed by atoms with van der Waals surface area (Å²) in [5, 5.41) is 4.03. The first kappa shape index (κ1) is 20.0. The van der Waals surface area contributed by atoms with Crippen LogP contribution in [0, 0.1) is 6.92 Å². The Hall–Kier alpha value is -3.94. The third kappa shape index (κ3) is 3.99. The van der Waals surface area contributed by atoms with E-state index in [0.717, 1.165) is 41.9 Å². The van der Waals surface area contributed by atoms with Gasteiger partial charge in [0.25, 0.3) is 5.91 Å². The quantitative estimate of drug-likeness (QED) is 0.488. The van der Waals surface area contributed by atoms with Crippen LogP contribution in [-0.4, -0.2) is 49.0 Å². The van der Waals surface area contributed by atoms with Gasteiger partial charge in [0.1, 0.15) is 0 Å². The van der Waals surface area contributed by atoms with E-state index >= 15 is 0 Å². The average Bonchev–Trinajstić information content (AvgIpc) is 3.30. The van der Waals surface area contributed by atoms with Crippen LogP contribution < -0.4 is 0 Å². The van der Waals surface area contributed by atoms with Crippen LogP contribution in [0.2, 0.25) is 0 Å². The van der Waals surface area contributed by atoms with Crippen molar-refractivity contribution in [3.05, 3.63) is 78.3 Å². The molecule has 8 nitrogen and oxygen atoms in total. The van der Waals surface area contributed by atoms with Crippen LogP contribution in [0.5, 0.6) is 0 Å². The molecule has 0 bridgehead atoms. The van der Waals surface area contributed by atoms with Gasteiger partial charge in [0.2, 0.25) is 0 Å². The lowest BCUT2D eigenvalue weighted by molar-refractivity contribution is 0.0706. The number of carbonyl (C=O) groups is 1. The van der Waals surface area contributed by atoms with Crippen LogP contribution >= 0.6 is 0 Å². The third-order valence-electron chi connectivity index (χ3n) is 5.67. The molecule has 1 atom stereocenters. The lowest BCUT2D eigenvalue weighted by atomic mass is 9.90. The predicted molar refractivity (Wildman–Crippen MR) is 118 cm³/mol. The number of aromatic nitrogens is 5. The first-order chi connectivity index (χ1) is 15.7. The minimum Gasteiger partial charge on any atom is -0.356 e. The zero-order valence-corrected chi connectivity index (χ0v) is 17.7. The number of aryl methyl sites for hydroxylation is 1. The molecule has 1 aliphatic heterocycles. The summed E-state index contributed by atoms with van der Waals surface area (Å²) >= 11 is 0. The highest BCUT2D eigenvalue weighted by Crippen LogP contribution is 2.34. The van der Waals surface area contributed by atoms with E-state index in [1.807, 2.05) is 30.0 Å². The number of nitrogens with zero attached hydrogens (tertiary/aromatic N) is 6. The summed E-state index contributed by atoms with van der Waals surface area (Å²) in [5.41, 5.74) is 4.01. The minimum atomic E-state index is 0.0116. The molecule has 0 saturated carbocycles. The molecule has 32 heavy (non-hydrogen) atoms. The van der Waals surface area contributed by atoms with Crippen molar-refractivity contribution in [1.29, 1.82) is 0 Å². The van der Waals surface area contributed by atoms with Crippen molar-refractivity contribution in [2.24, 2.45) is 0 Å². The molecule has 4 aromatic heterocycles. The van der Waals surface area contributed by atoms with Crippen molar-refractivity contribution in [2.45, 2.75) is 25.7 Å². The van der Waals surface area contributed by atoms with Gasteiger partial charge < -0.3 is 9.42 Å². The Morgan fingerprint density at radius 2 is 1.84 bits per heavy atom. The number of rotatable bonds is 4. The Morgan fingerprint density at radius 1 is 1.09 bits per heavy atom. The zero-order valence-electron chi connectivity index (χ0n) is 17.7. The Kier molecular flexibility index (Phi) is 5.41. The molecule has 0 aromatic carbocycles. The fourth-order valence-corrected chi connectivity index (χ4v) is 4.09. The van der Waals surface area contributed by atoms with Crippen molar-refractivity contribution in [1.82, 2.24) is 30.0 Å². The number of likely N-dealkylation sites (tertiary alicyclic amines) is 1. The normalized spacial score (nSPS) is 16.2. The van der Waals surface area contributed by atoms with Crippen molar-refractivity contribution in [3.8, 4) is 22.7 Å². The zero-order chi connectivity index (χ0) is 21.9. The topological polar surface area (TPSA) is 97.9 Å². The lowest BCUT2D eigenvalue weighted by Gasteiger charge is -2.33. The molecular weight excluding hydrogens is 404 g/mol. The van der Waals surface area contributed by atoms with E-state index in [1.165, 1.54) is 0 Å². The van der Waals surface area contributed by atoms with Crippen LogP contribution in [-0.2, 0) is 0 Å². The second-order valence-corrected chi connectivity index (χ2v) is 7.89. The summed E-state index contributed by atoms with van der Waals surface area (Å²) in [6.07, 6.45) is 10.3. The molecular formula is C24H22N6O2. The van der Waals surface area contributed by atoms with E-state index in [2.05, 4.69) is 20.1 Å². The van der Waals surface area contributed by atoms with Crippen LogP contribution in [0.15, 0.2) is 65.8 Å². The highest BCUT2D eigenvalue weighted by Gasteiger charge is 2.29. The molecule has 0 spiro atoms. The fraction of sp³-hybridized carbons (Fsp3) is 0.250. The highest BCUT2D eigenvalue weighted by atomic mass is 16.5. The van der Waals surface area contributed by atoms with E-state index in [9.17, 15) is 4.79 Å². The first-order valence-corrected chi connectivity index (χ1v) is 10.6. The maximum atomic E-state index is 13.1. The van der Waals surface area contributed by atoms with E-state index in [0.29, 0.717) is 23.7 Å². The molecule has 5 rings (SSSR count). The number of hydrogen-bond donors (Lipinski definition) is 0. The molecule has 0 N–H and O–H groups in total. The molecule has 1 saturated heterocycles. The Balaban J connectivity index is 1.52. The van der Waals surface area contributed by atoms with Crippen molar-refractivity contribution in [3.63, 3.8) is 0 Å². The van der Waals surface area contributed by atoms with Gasteiger partial charge in [-0.05, 0) is 44.0 Å². The summed E-state index contributed by atoms with van der Waals surface area (Å²) in [6.45, 7) is 3.18. The van der Waals surface area contributed by atoms with E-state index in [-0.39, 0.29) is 11.8 Å². The molecule has 1 unspecified atom stereocenters. The van der Waals surface area contributed by atoms with Gasteiger partial charge in [-0.3, -0.25) is 14.8 Å². The number of piperidine rings is 1. The van der Waals surface area contributed by atoms with E-state index < -0.39 is 0 Å². The monoisotopic (exact) mass is 426 g/mol. The van der Waals surface area contributed by atoms with Gasteiger partial charge in [-0.1, -0.05) is 5.16 Å². The Bertz CT molecular complexity index is 1230. The summed E-state index contributed by atoms with van der Waals surface area (Å²) in [4.78, 5) is 32.6. The third-order valence-corrected chi connectivity index (χ3v) is 5.67. The second-order valence-electron chi connectivity index (χ2n) is 7.89. The maximum absolute atomic E-state index is 13.1. The number of pyridine rings is 2. The molecule has 160 valence electrons. The summed E-state index contributed by atoms with van der Waals surface area (Å²) < 4.78 is 5.54. The van der Waals surface area contributed by atoms with Crippen LogP contribution in [0.4, 0.5) is 0 Å². The van der Waals surface area contributed by atoms with Crippen molar-refractivity contribution in [2.75, 3.05) is 13.1 Å². The van der Waals surface area contributed by atoms with Gasteiger partial charge in [0.15, 0.2) is 11.6 Å². The molecule has 4 aromatic rings. The van der Waals surface area contributed by atoms with Gasteiger partial charge in [0, 0.05) is 67.2 Å². The van der Waals surface area contributed by atoms with Crippen LogP contribution in [0.1, 0.15) is 40.5 Å². The van der Waals surface area contributed by atoms with Gasteiger partial charge >= 0.3 is 0 Å². The predicted octanol–water partition coefficient (Wildman–Crippen LogP) is 3.92. The van der Waals surface area contributed by atoms with Crippen LogP contribution in [0.25, 0.3) is 22.7 Å². The Labute approximate surface area is 185 Å². The van der Waals surface area contributed by atoms with Crippen molar-refractivity contribution >= 4 is 5.91 Å². The van der Waals surface area contributed by atoms with Gasteiger partial charge in [-0.15, -0.1) is 0 Å². The van der Waals surface area contributed by atoms with Gasteiger partial charge in [0.05, 0.1) is 17.0 Å². The smallest absolute Gasteiger partial charge is 0.253 e. The molecule has 5 heterocycles. The number of amides is 1. The maximum Gasteiger partial charge on any atom is 0.253 e. The molecule has 1 aliphatic rings. The number of carbonyl (C=O) groups excluding carboxylic acids is 1. The molecule has 0 aliphatic carbocycles. The lowest BCUT2D eigenvalue weighted by Crippen LogP contribution is -2.39. The highest BCUT2D eigenvalue weighted by molar-refractivity contribution is 5.94. The van der Waals surface area contributed by atoms with Gasteiger partial charge in [-0.2, -0.15) is 0 Å². The Morgan fingerprint density at radius 3 is 2.56 bits per heavy atom. The average molecular weight is 426 g/mol. The molecule has 1 fully saturated rings. The second kappa shape index (κ2) is 8.66. The van der Waals surface area contributed by atoms with E-state index in [4.69, 9.17) is 9.51 Å². The summed E-state index contributed by atoms with van der Waals surface area (Å²) in [7, 11) is 0. The van der Waals surface area contributed by atoms with Gasteiger partial charge in [-0.25, -0.2) is 9.97 Å². The fourth-order valence-electron chi connectivity index (χ4n) is 4.09. The molecule has 0 radical (unpaired) electrons. The van der Waals surface area contributed by atoms with Crippen LogP contribution in [0.3, 0.4) is 0 Å². The summed E-state index contributed by atoms with van der Waals surface area (Å²) in [6, 6.07) is 9.16. The first-order valence-electron chi connectivity index (χ1n) is 10.6. The standard InChI is InChI=1S/C24H22N6O2/c1-16-13-21(32-29-16)20-14-27-23(17-4-8-25-9-5-17)28-22(20)19-3-2-12-30(15-19)24(31)18-6-10-26-11-7-18/h4-11,13-14,19H,2-3,12,15H2,1H3. The molecule has 1 amide bonds. The SMILES string of the molecule is Cc1cc(-c2cnc(-c3ccncc3)nc2C2CCCN(C(=O)c3ccncc3)C2)on1. The molecule has 8 heteroatoms. The minimum absolute atomic E-state index is 0.0116. The van der Waals surface area contributed by atoms with Crippen molar-refractivity contribution < 1.29 is 9.32 Å².